The lowest BCUT2D eigenvalue weighted by Gasteiger charge is -2.32. The Labute approximate surface area is 197 Å². The molecule has 0 aliphatic rings. The molecule has 0 fully saturated rings. The molecule has 0 unspecified atom stereocenters. The Morgan fingerprint density at radius 1 is 1.17 bits per heavy atom. The van der Waals surface area contributed by atoms with Gasteiger partial charge in [0.15, 0.2) is 0 Å². The van der Waals surface area contributed by atoms with E-state index in [1.54, 1.807) is 0 Å². The third-order valence-electron chi connectivity index (χ3n) is 4.58. The van der Waals surface area contributed by atoms with E-state index in [1.165, 1.54) is 0 Å². The Morgan fingerprint density at radius 2 is 1.83 bits per heavy atom. The SMILES string of the molecule is CCN(CI)CCN(CC(=O)O)[C@H](CNCC(=O)O)Cc1ccc(NC(C)=S)cc1. The van der Waals surface area contributed by atoms with Gasteiger partial charge in [0.25, 0.3) is 0 Å². The summed E-state index contributed by atoms with van der Waals surface area (Å²) in [6, 6.07) is 7.67. The predicted octanol–water partition coefficient (Wildman–Crippen LogP) is 2.13. The minimum Gasteiger partial charge on any atom is -0.480 e. The summed E-state index contributed by atoms with van der Waals surface area (Å²) in [6.07, 6.45) is 0.604. The predicted molar refractivity (Wildman–Crippen MR) is 132 cm³/mol. The molecule has 0 aromatic heterocycles. The summed E-state index contributed by atoms with van der Waals surface area (Å²) < 4.78 is 0.866. The van der Waals surface area contributed by atoms with Gasteiger partial charge in [-0.2, -0.15) is 0 Å². The molecule has 168 valence electrons. The van der Waals surface area contributed by atoms with Crippen molar-refractivity contribution >= 4 is 57.4 Å². The van der Waals surface area contributed by atoms with E-state index >= 15 is 0 Å². The van der Waals surface area contributed by atoms with Gasteiger partial charge in [-0.25, -0.2) is 0 Å². The monoisotopic (exact) mass is 550 g/mol. The second-order valence-electron chi connectivity index (χ2n) is 6.96. The van der Waals surface area contributed by atoms with Gasteiger partial charge in [-0.05, 0) is 37.6 Å². The molecule has 1 aromatic carbocycles. The highest BCUT2D eigenvalue weighted by molar-refractivity contribution is 14.1. The van der Waals surface area contributed by atoms with E-state index in [2.05, 4.69) is 45.0 Å². The lowest BCUT2D eigenvalue weighted by Crippen LogP contribution is -2.49. The molecule has 1 atom stereocenters. The molecule has 0 radical (unpaired) electrons. The van der Waals surface area contributed by atoms with Crippen molar-refractivity contribution in [3.8, 4) is 0 Å². The highest BCUT2D eigenvalue weighted by atomic mass is 127. The van der Waals surface area contributed by atoms with E-state index in [-0.39, 0.29) is 19.1 Å². The lowest BCUT2D eigenvalue weighted by molar-refractivity contribution is -0.139. The molecule has 0 aliphatic heterocycles. The smallest absolute Gasteiger partial charge is 0.317 e. The number of carboxylic acid groups (broad SMARTS) is 2. The summed E-state index contributed by atoms with van der Waals surface area (Å²) >= 11 is 7.36. The van der Waals surface area contributed by atoms with E-state index in [0.29, 0.717) is 24.5 Å². The van der Waals surface area contributed by atoms with Gasteiger partial charge in [0, 0.05) is 31.4 Å². The zero-order valence-corrected chi connectivity index (χ0v) is 20.4. The second kappa shape index (κ2) is 14.6. The molecule has 8 nitrogen and oxygen atoms in total. The number of benzene rings is 1. The molecule has 0 aliphatic carbocycles. The number of alkyl halides is 1. The van der Waals surface area contributed by atoms with Crippen LogP contribution in [0.3, 0.4) is 0 Å². The van der Waals surface area contributed by atoms with Gasteiger partial charge in [0.2, 0.25) is 0 Å². The van der Waals surface area contributed by atoms with Gasteiger partial charge >= 0.3 is 11.9 Å². The Hall–Kier alpha value is -1.34. The number of anilines is 1. The number of aliphatic carboxylic acids is 2. The van der Waals surface area contributed by atoms with Crippen LogP contribution in [0, 0.1) is 0 Å². The van der Waals surface area contributed by atoms with Crippen LogP contribution in [0.5, 0.6) is 0 Å². The summed E-state index contributed by atoms with van der Waals surface area (Å²) in [5.41, 5.74) is 1.94. The van der Waals surface area contributed by atoms with Crippen LogP contribution in [-0.4, -0.2) is 86.8 Å². The number of nitrogens with one attached hydrogen (secondary N) is 2. The van der Waals surface area contributed by atoms with Crippen molar-refractivity contribution in [1.29, 1.82) is 0 Å². The second-order valence-corrected chi connectivity index (χ2v) is 8.25. The van der Waals surface area contributed by atoms with Gasteiger partial charge < -0.3 is 20.8 Å². The van der Waals surface area contributed by atoms with Crippen molar-refractivity contribution in [3.63, 3.8) is 0 Å². The Balaban J connectivity index is 2.95. The molecule has 0 amide bonds. The van der Waals surface area contributed by atoms with E-state index in [9.17, 15) is 14.7 Å². The fraction of sp³-hybridized carbons (Fsp3) is 0.550. The summed E-state index contributed by atoms with van der Waals surface area (Å²) in [4.78, 5) is 27.2. The first kappa shape index (κ1) is 26.7. The Bertz CT molecular complexity index is 686. The maximum atomic E-state index is 11.5. The normalized spacial score (nSPS) is 12.2. The van der Waals surface area contributed by atoms with Crippen molar-refractivity contribution in [2.24, 2.45) is 0 Å². The average Bonchev–Trinajstić information content (AvgIpc) is 2.67. The molecule has 10 heteroatoms. The van der Waals surface area contributed by atoms with Crippen LogP contribution in [-0.2, 0) is 16.0 Å². The number of likely N-dealkylation sites (N-methyl/N-ethyl adjacent to an activating group) is 1. The maximum absolute atomic E-state index is 11.5. The van der Waals surface area contributed by atoms with Crippen LogP contribution in [0.4, 0.5) is 5.69 Å². The van der Waals surface area contributed by atoms with Crippen LogP contribution in [0.25, 0.3) is 0 Å². The summed E-state index contributed by atoms with van der Waals surface area (Å²) in [5, 5.41) is 24.4. The largest absolute Gasteiger partial charge is 0.480 e. The van der Waals surface area contributed by atoms with Crippen LogP contribution < -0.4 is 10.6 Å². The fourth-order valence-electron chi connectivity index (χ4n) is 3.01. The highest BCUT2D eigenvalue weighted by Gasteiger charge is 2.22. The van der Waals surface area contributed by atoms with E-state index in [4.69, 9.17) is 17.3 Å². The van der Waals surface area contributed by atoms with Crippen molar-refractivity contribution in [2.45, 2.75) is 26.3 Å². The van der Waals surface area contributed by atoms with Crippen molar-refractivity contribution in [2.75, 3.05) is 49.1 Å². The topological polar surface area (TPSA) is 105 Å². The van der Waals surface area contributed by atoms with Gasteiger partial charge in [0.1, 0.15) is 0 Å². The first-order chi connectivity index (χ1) is 14.2. The van der Waals surface area contributed by atoms with Crippen LogP contribution >= 0.6 is 34.8 Å². The highest BCUT2D eigenvalue weighted by Crippen LogP contribution is 2.14. The van der Waals surface area contributed by atoms with E-state index in [0.717, 1.165) is 28.9 Å². The molecule has 0 saturated heterocycles. The minimum atomic E-state index is -0.938. The first-order valence-corrected chi connectivity index (χ1v) is 11.7. The fourth-order valence-corrected chi connectivity index (χ4v) is 3.95. The zero-order chi connectivity index (χ0) is 22.5. The summed E-state index contributed by atoms with van der Waals surface area (Å²) in [7, 11) is 0. The number of carbonyl (C=O) groups is 2. The number of nitrogens with zero attached hydrogens (tertiary/aromatic N) is 2. The Morgan fingerprint density at radius 3 is 2.33 bits per heavy atom. The summed E-state index contributed by atoms with van der Waals surface area (Å²) in [5.74, 6) is -1.83. The molecule has 1 rings (SSSR count). The molecule has 0 bridgehead atoms. The first-order valence-electron chi connectivity index (χ1n) is 9.78. The van der Waals surface area contributed by atoms with Crippen LogP contribution in [0.1, 0.15) is 19.4 Å². The molecule has 4 N–H and O–H groups in total. The number of carboxylic acids is 2. The van der Waals surface area contributed by atoms with Gasteiger partial charge in [-0.3, -0.25) is 19.4 Å². The van der Waals surface area contributed by atoms with Gasteiger partial charge in [-0.1, -0.05) is 53.9 Å². The van der Waals surface area contributed by atoms with Crippen LogP contribution in [0.2, 0.25) is 0 Å². The Kier molecular flexibility index (Phi) is 13.0. The van der Waals surface area contributed by atoms with Crippen molar-refractivity contribution < 1.29 is 19.8 Å². The van der Waals surface area contributed by atoms with Crippen LogP contribution in [0.15, 0.2) is 24.3 Å². The molecular weight excluding hydrogens is 519 g/mol. The lowest BCUT2D eigenvalue weighted by atomic mass is 10.0. The molecule has 0 saturated carbocycles. The average molecular weight is 550 g/mol. The number of thiocarbonyl (C=S) groups is 1. The molecule has 1 aromatic rings. The summed E-state index contributed by atoms with van der Waals surface area (Å²) in [6.45, 7) is 6.24. The third kappa shape index (κ3) is 11.2. The zero-order valence-electron chi connectivity index (χ0n) is 17.4. The standard InChI is InChI=1S/C20H31IN4O4S/c1-3-24(14-21)8-9-25(13-20(28)29)18(11-22-12-19(26)27)10-16-4-6-17(7-5-16)23-15(2)30/h4-7,18,22H,3,8-14H2,1-2H3,(H,23,30)(H,26,27)(H,28,29)/t18-/m0/s1. The van der Waals surface area contributed by atoms with E-state index in [1.807, 2.05) is 36.1 Å². The van der Waals surface area contributed by atoms with Crippen molar-refractivity contribution in [3.05, 3.63) is 29.8 Å². The minimum absolute atomic E-state index is 0.0953. The molecular formula is C20H31IN4O4S. The number of rotatable bonds is 15. The number of hydrogen-bond acceptors (Lipinski definition) is 6. The van der Waals surface area contributed by atoms with Gasteiger partial charge in [0.05, 0.1) is 22.6 Å². The molecule has 0 spiro atoms. The van der Waals surface area contributed by atoms with Gasteiger partial charge in [-0.15, -0.1) is 0 Å². The molecule has 0 heterocycles. The number of hydrogen-bond donors (Lipinski definition) is 4. The van der Waals surface area contributed by atoms with Crippen molar-refractivity contribution in [1.82, 2.24) is 15.1 Å². The quantitative estimate of drug-likeness (QED) is 0.113. The van der Waals surface area contributed by atoms with E-state index < -0.39 is 11.9 Å². The number of halogens is 1. The maximum Gasteiger partial charge on any atom is 0.317 e. The third-order valence-corrected chi connectivity index (χ3v) is 5.64. The molecule has 30 heavy (non-hydrogen) atoms.